The molecular formula is C6H9N2O2. The van der Waals surface area contributed by atoms with Crippen molar-refractivity contribution in [3.8, 4) is 0 Å². The van der Waals surface area contributed by atoms with Gasteiger partial charge in [-0.1, -0.05) is 0 Å². The summed E-state index contributed by atoms with van der Waals surface area (Å²) >= 11 is 0. The molecule has 0 aromatic carbocycles. The average Bonchev–Trinajstić information content (AvgIpc) is 2.09. The van der Waals surface area contributed by atoms with E-state index in [0.717, 1.165) is 0 Å². The first-order chi connectivity index (χ1) is 4.66. The normalized spacial score (nSPS) is 25.4. The summed E-state index contributed by atoms with van der Waals surface area (Å²) in [6, 6.07) is -0.752. The maximum atomic E-state index is 10.8. The summed E-state index contributed by atoms with van der Waals surface area (Å²) < 4.78 is 0. The molecule has 1 rings (SSSR count). The summed E-state index contributed by atoms with van der Waals surface area (Å²) in [4.78, 5) is 22.9. The fourth-order valence-electron chi connectivity index (χ4n) is 0.960. The lowest BCUT2D eigenvalue weighted by Crippen LogP contribution is -2.32. The first kappa shape index (κ1) is 7.05. The molecule has 4 heteroatoms. The zero-order chi connectivity index (χ0) is 7.72. The number of carbonyl (C=O) groups excluding carboxylic acids is 2. The van der Waals surface area contributed by atoms with Gasteiger partial charge in [-0.15, -0.1) is 0 Å². The topological polar surface area (TPSA) is 51.5 Å². The maximum Gasteiger partial charge on any atom is 0.347 e. The summed E-state index contributed by atoms with van der Waals surface area (Å²) in [6.45, 7) is 4.05. The van der Waals surface area contributed by atoms with Crippen LogP contribution in [-0.4, -0.2) is 29.4 Å². The van der Waals surface area contributed by atoms with Crippen LogP contribution in [0.2, 0.25) is 0 Å². The number of imide groups is 1. The van der Waals surface area contributed by atoms with Gasteiger partial charge in [-0.05, 0) is 13.8 Å². The second-order valence-electron chi connectivity index (χ2n) is 2.19. The zero-order valence-electron chi connectivity index (χ0n) is 6.00. The lowest BCUT2D eigenvalue weighted by Gasteiger charge is -2.13. The molecule has 0 saturated carbocycles. The molecule has 1 aliphatic rings. The van der Waals surface area contributed by atoms with E-state index in [4.69, 9.17) is 0 Å². The van der Waals surface area contributed by atoms with Crippen LogP contribution in [0.5, 0.6) is 0 Å². The molecule has 55 valence electrons. The number of rotatable bonds is 1. The van der Waals surface area contributed by atoms with Crippen LogP contribution in [0.1, 0.15) is 13.8 Å². The van der Waals surface area contributed by atoms with E-state index >= 15 is 0 Å². The smallest absolute Gasteiger partial charge is 0.311 e. The quantitative estimate of drug-likeness (QED) is 0.481. The van der Waals surface area contributed by atoms with Crippen LogP contribution in [0.15, 0.2) is 0 Å². The molecule has 0 aliphatic carbocycles. The van der Waals surface area contributed by atoms with Gasteiger partial charge in [0, 0.05) is 6.54 Å². The molecule has 10 heavy (non-hydrogen) atoms. The van der Waals surface area contributed by atoms with Crippen molar-refractivity contribution < 1.29 is 9.59 Å². The van der Waals surface area contributed by atoms with E-state index in [1.165, 1.54) is 4.90 Å². The Bertz CT molecular complexity index is 179. The van der Waals surface area contributed by atoms with Crippen molar-refractivity contribution in [3.63, 3.8) is 0 Å². The van der Waals surface area contributed by atoms with Gasteiger partial charge in [0.15, 0.2) is 0 Å². The van der Waals surface area contributed by atoms with Gasteiger partial charge in [0.25, 0.3) is 5.91 Å². The van der Waals surface area contributed by atoms with Crippen LogP contribution in [0.4, 0.5) is 4.79 Å². The highest BCUT2D eigenvalue weighted by molar-refractivity contribution is 6.03. The van der Waals surface area contributed by atoms with Gasteiger partial charge in [-0.25, -0.2) is 4.79 Å². The van der Waals surface area contributed by atoms with Crippen molar-refractivity contribution >= 4 is 11.9 Å². The van der Waals surface area contributed by atoms with Gasteiger partial charge in [-0.2, -0.15) is 5.32 Å². The van der Waals surface area contributed by atoms with Gasteiger partial charge in [-0.3, -0.25) is 4.79 Å². The summed E-state index contributed by atoms with van der Waals surface area (Å²) in [6.07, 6.45) is 0. The largest absolute Gasteiger partial charge is 0.347 e. The Morgan fingerprint density at radius 2 is 2.20 bits per heavy atom. The summed E-state index contributed by atoms with van der Waals surface area (Å²) in [5, 5.41) is 3.27. The van der Waals surface area contributed by atoms with Gasteiger partial charge >= 0.3 is 6.03 Å². The van der Waals surface area contributed by atoms with Crippen molar-refractivity contribution in [2.75, 3.05) is 6.54 Å². The Morgan fingerprint density at radius 1 is 1.60 bits per heavy atom. The molecule has 1 atom stereocenters. The number of likely N-dealkylation sites (N-methyl/N-ethyl adjacent to an activating group) is 1. The number of hydrogen-bond donors (Lipinski definition) is 0. The Kier molecular flexibility index (Phi) is 1.61. The van der Waals surface area contributed by atoms with Gasteiger partial charge < -0.3 is 4.90 Å². The van der Waals surface area contributed by atoms with Crippen molar-refractivity contribution in [2.24, 2.45) is 0 Å². The molecule has 0 N–H and O–H groups in total. The van der Waals surface area contributed by atoms with Crippen LogP contribution < -0.4 is 5.32 Å². The van der Waals surface area contributed by atoms with Crippen molar-refractivity contribution in [1.29, 1.82) is 0 Å². The summed E-state index contributed by atoms with van der Waals surface area (Å²) in [5.41, 5.74) is 0. The number of amides is 3. The predicted octanol–water partition coefficient (Wildman–Crippen LogP) is -0.0386. The molecule has 1 saturated heterocycles. The maximum absolute atomic E-state index is 10.8. The third-order valence-electron chi connectivity index (χ3n) is 1.62. The van der Waals surface area contributed by atoms with Crippen LogP contribution >= 0.6 is 0 Å². The summed E-state index contributed by atoms with van der Waals surface area (Å²) in [5.74, 6) is -0.327. The molecular weight excluding hydrogens is 132 g/mol. The Balaban J connectivity index is 2.73. The van der Waals surface area contributed by atoms with Crippen molar-refractivity contribution in [3.05, 3.63) is 0 Å². The van der Waals surface area contributed by atoms with Crippen LogP contribution in [-0.2, 0) is 4.79 Å². The Labute approximate surface area is 59.2 Å². The number of nitrogens with zero attached hydrogens (tertiary/aromatic N) is 2. The van der Waals surface area contributed by atoms with E-state index in [9.17, 15) is 9.59 Å². The van der Waals surface area contributed by atoms with E-state index in [-0.39, 0.29) is 11.9 Å². The lowest BCUT2D eigenvalue weighted by molar-refractivity contribution is -0.121. The molecule has 1 unspecified atom stereocenters. The molecule has 0 aromatic rings. The van der Waals surface area contributed by atoms with Crippen molar-refractivity contribution in [2.45, 2.75) is 19.9 Å². The monoisotopic (exact) mass is 141 g/mol. The number of carbonyl (C=O) groups is 2. The standard InChI is InChI=1S/C6H9N2O2/c1-3-8-4(2)5(9)7-6(8)10/h4H,3H2,1-2H3. The third-order valence-corrected chi connectivity index (χ3v) is 1.62. The van der Waals surface area contributed by atoms with E-state index in [1.807, 2.05) is 6.92 Å². The first-order valence-corrected chi connectivity index (χ1v) is 3.23. The average molecular weight is 141 g/mol. The highest BCUT2D eigenvalue weighted by atomic mass is 16.2. The molecule has 3 amide bonds. The SMILES string of the molecule is CCN1C(=O)[N]C(=O)C1C. The van der Waals surface area contributed by atoms with Crippen LogP contribution in [0.3, 0.4) is 0 Å². The Hall–Kier alpha value is -1.06. The second-order valence-corrected chi connectivity index (χ2v) is 2.19. The minimum Gasteiger partial charge on any atom is -0.311 e. The van der Waals surface area contributed by atoms with E-state index < -0.39 is 6.03 Å². The van der Waals surface area contributed by atoms with Gasteiger partial charge in [0.1, 0.15) is 6.04 Å². The third kappa shape index (κ3) is 0.853. The fourth-order valence-corrected chi connectivity index (χ4v) is 0.960. The van der Waals surface area contributed by atoms with E-state index in [1.54, 1.807) is 6.92 Å². The molecule has 1 aliphatic heterocycles. The van der Waals surface area contributed by atoms with E-state index in [2.05, 4.69) is 5.32 Å². The summed E-state index contributed by atoms with van der Waals surface area (Å²) in [7, 11) is 0. The first-order valence-electron chi connectivity index (χ1n) is 3.23. The minimum absolute atomic E-state index is 0.327. The molecule has 0 aromatic heterocycles. The predicted molar refractivity (Wildman–Crippen MR) is 34.4 cm³/mol. The molecule has 1 heterocycles. The molecule has 1 fully saturated rings. The second kappa shape index (κ2) is 2.28. The Morgan fingerprint density at radius 3 is 2.40 bits per heavy atom. The highest BCUT2D eigenvalue weighted by Gasteiger charge is 2.35. The number of urea groups is 1. The lowest BCUT2D eigenvalue weighted by atomic mass is 10.3. The highest BCUT2D eigenvalue weighted by Crippen LogP contribution is 2.07. The van der Waals surface area contributed by atoms with Crippen LogP contribution in [0.25, 0.3) is 0 Å². The minimum atomic E-state index is -0.403. The van der Waals surface area contributed by atoms with Crippen LogP contribution in [0, 0.1) is 0 Å². The van der Waals surface area contributed by atoms with E-state index in [0.29, 0.717) is 6.54 Å². The molecule has 1 radical (unpaired) electrons. The molecule has 0 spiro atoms. The van der Waals surface area contributed by atoms with Gasteiger partial charge in [0.2, 0.25) is 0 Å². The number of hydrogen-bond acceptors (Lipinski definition) is 2. The molecule has 4 nitrogen and oxygen atoms in total. The zero-order valence-corrected chi connectivity index (χ0v) is 6.00. The fraction of sp³-hybridized carbons (Fsp3) is 0.667. The van der Waals surface area contributed by atoms with Gasteiger partial charge in [0.05, 0.1) is 0 Å². The molecule has 0 bridgehead atoms. The van der Waals surface area contributed by atoms with Crippen molar-refractivity contribution in [1.82, 2.24) is 10.2 Å².